The zero-order valence-corrected chi connectivity index (χ0v) is 16.5. The first-order chi connectivity index (χ1) is 14.0. The third kappa shape index (κ3) is 4.02. The highest BCUT2D eigenvalue weighted by Crippen LogP contribution is 2.43. The summed E-state index contributed by atoms with van der Waals surface area (Å²) in [5, 5.41) is 0. The molecule has 152 valence electrons. The second-order valence-corrected chi connectivity index (χ2v) is 8.07. The highest BCUT2D eigenvalue weighted by atomic mass is 19.1. The predicted octanol–water partition coefficient (Wildman–Crippen LogP) is 4.36. The summed E-state index contributed by atoms with van der Waals surface area (Å²) in [6.45, 7) is 0. The smallest absolute Gasteiger partial charge is 0.267 e. The highest BCUT2D eigenvalue weighted by Gasteiger charge is 2.34. The van der Waals surface area contributed by atoms with E-state index in [9.17, 15) is 14.0 Å². The zero-order valence-electron chi connectivity index (χ0n) is 16.5. The van der Waals surface area contributed by atoms with Crippen molar-refractivity contribution in [2.45, 2.75) is 50.4 Å². The molecule has 4 rings (SSSR count). The average molecular weight is 396 g/mol. The van der Waals surface area contributed by atoms with Gasteiger partial charge in [0.05, 0.1) is 7.11 Å². The number of carbonyl (C=O) groups excluding carboxylic acids is 2. The zero-order chi connectivity index (χ0) is 20.5. The van der Waals surface area contributed by atoms with Gasteiger partial charge in [-0.3, -0.25) is 9.59 Å². The molecule has 2 saturated carbocycles. The molecule has 0 spiro atoms. The molecule has 0 bridgehead atoms. The van der Waals surface area contributed by atoms with Crippen LogP contribution in [-0.4, -0.2) is 23.8 Å². The molecule has 2 aromatic rings. The van der Waals surface area contributed by atoms with Crippen LogP contribution in [0.2, 0.25) is 0 Å². The van der Waals surface area contributed by atoms with Gasteiger partial charge in [0.2, 0.25) is 0 Å². The number of halogens is 1. The van der Waals surface area contributed by atoms with Crippen molar-refractivity contribution in [2.75, 3.05) is 7.11 Å². The largest absolute Gasteiger partial charge is 0.497 e. The van der Waals surface area contributed by atoms with Crippen LogP contribution in [0.3, 0.4) is 0 Å². The van der Waals surface area contributed by atoms with Gasteiger partial charge in [0.15, 0.2) is 5.78 Å². The number of benzene rings is 1. The lowest BCUT2D eigenvalue weighted by Crippen LogP contribution is -2.25. The second-order valence-electron chi connectivity index (χ2n) is 8.07. The van der Waals surface area contributed by atoms with E-state index in [1.54, 1.807) is 18.2 Å². The van der Waals surface area contributed by atoms with Crippen LogP contribution in [0.25, 0.3) is 0 Å². The maximum absolute atomic E-state index is 14.4. The van der Waals surface area contributed by atoms with E-state index in [1.165, 1.54) is 13.2 Å². The molecule has 0 atom stereocenters. The van der Waals surface area contributed by atoms with Gasteiger partial charge in [0.25, 0.3) is 5.91 Å². The lowest BCUT2D eigenvalue weighted by atomic mass is 9.76. The van der Waals surface area contributed by atoms with Crippen LogP contribution < -0.4 is 10.5 Å². The SMILES string of the molecule is COc1ccc(C2CCC(C(=O)c3nc(C(N)=O)ccc3C3CC3)CC2)c(F)c1. The minimum atomic E-state index is -0.625. The van der Waals surface area contributed by atoms with Crippen LogP contribution in [0, 0.1) is 11.7 Å². The summed E-state index contributed by atoms with van der Waals surface area (Å²) in [6.07, 6.45) is 4.94. The molecule has 2 N–H and O–H groups in total. The number of ketones is 1. The van der Waals surface area contributed by atoms with Gasteiger partial charge in [0, 0.05) is 12.0 Å². The van der Waals surface area contributed by atoms with Gasteiger partial charge in [-0.05, 0) is 73.6 Å². The number of Topliss-reactive ketones (excluding diaryl/α,β-unsaturated/α-hetero) is 1. The van der Waals surface area contributed by atoms with E-state index < -0.39 is 5.91 Å². The van der Waals surface area contributed by atoms with E-state index in [2.05, 4.69) is 4.98 Å². The fraction of sp³-hybridized carbons (Fsp3) is 0.435. The number of aromatic nitrogens is 1. The summed E-state index contributed by atoms with van der Waals surface area (Å²) in [4.78, 5) is 29.1. The van der Waals surface area contributed by atoms with E-state index >= 15 is 0 Å². The van der Waals surface area contributed by atoms with Crippen molar-refractivity contribution in [3.8, 4) is 5.75 Å². The summed E-state index contributed by atoms with van der Waals surface area (Å²) in [5.41, 5.74) is 7.52. The van der Waals surface area contributed by atoms with Crippen LogP contribution in [0.1, 0.15) is 82.5 Å². The van der Waals surface area contributed by atoms with E-state index in [4.69, 9.17) is 10.5 Å². The molecule has 1 heterocycles. The van der Waals surface area contributed by atoms with Crippen molar-refractivity contribution in [3.05, 3.63) is 58.7 Å². The van der Waals surface area contributed by atoms with Crippen LogP contribution in [-0.2, 0) is 0 Å². The molecule has 0 radical (unpaired) electrons. The standard InChI is InChI=1S/C23H25FN2O3/c1-29-16-8-9-17(19(24)12-16)13-4-6-15(7-5-13)22(27)21-18(14-2-3-14)10-11-20(26-21)23(25)28/h8-15H,2-7H2,1H3,(H2,25,28). The Morgan fingerprint density at radius 3 is 2.21 bits per heavy atom. The van der Waals surface area contributed by atoms with Crippen molar-refractivity contribution in [1.82, 2.24) is 4.98 Å². The molecule has 0 unspecified atom stereocenters. The number of hydrogen-bond acceptors (Lipinski definition) is 4. The van der Waals surface area contributed by atoms with Crippen LogP contribution in [0.4, 0.5) is 4.39 Å². The summed E-state index contributed by atoms with van der Waals surface area (Å²) >= 11 is 0. The molecule has 1 aromatic carbocycles. The number of carbonyl (C=O) groups is 2. The monoisotopic (exact) mass is 396 g/mol. The van der Waals surface area contributed by atoms with Crippen molar-refractivity contribution >= 4 is 11.7 Å². The molecule has 2 aliphatic rings. The van der Waals surface area contributed by atoms with Crippen LogP contribution in [0.5, 0.6) is 5.75 Å². The number of nitrogens with zero attached hydrogens (tertiary/aromatic N) is 1. The lowest BCUT2D eigenvalue weighted by Gasteiger charge is -2.28. The Bertz CT molecular complexity index is 947. The van der Waals surface area contributed by atoms with Gasteiger partial charge in [-0.15, -0.1) is 0 Å². The summed E-state index contributed by atoms with van der Waals surface area (Å²) in [6, 6.07) is 8.40. The van der Waals surface area contributed by atoms with Crippen LogP contribution >= 0.6 is 0 Å². The van der Waals surface area contributed by atoms with Gasteiger partial charge in [-0.2, -0.15) is 0 Å². The Morgan fingerprint density at radius 2 is 1.62 bits per heavy atom. The molecule has 1 aromatic heterocycles. The van der Waals surface area contributed by atoms with E-state index in [1.807, 2.05) is 6.07 Å². The normalized spacial score (nSPS) is 21.6. The van der Waals surface area contributed by atoms with Gasteiger partial charge in [0.1, 0.15) is 23.0 Å². The number of amides is 1. The molecule has 1 amide bonds. The molecule has 29 heavy (non-hydrogen) atoms. The Labute approximate surface area is 169 Å². The fourth-order valence-corrected chi connectivity index (χ4v) is 4.35. The van der Waals surface area contributed by atoms with Crippen molar-refractivity contribution in [3.63, 3.8) is 0 Å². The number of pyridine rings is 1. The maximum atomic E-state index is 14.4. The van der Waals surface area contributed by atoms with Gasteiger partial charge in [-0.25, -0.2) is 9.37 Å². The van der Waals surface area contributed by atoms with E-state index in [-0.39, 0.29) is 29.1 Å². The minimum Gasteiger partial charge on any atom is -0.497 e. The first-order valence-corrected chi connectivity index (χ1v) is 10.2. The number of rotatable bonds is 6. The number of primary amides is 1. The average Bonchev–Trinajstić information content (AvgIpc) is 3.58. The van der Waals surface area contributed by atoms with Gasteiger partial charge in [-0.1, -0.05) is 12.1 Å². The minimum absolute atomic E-state index is 0.0105. The molecular weight excluding hydrogens is 371 g/mol. The summed E-state index contributed by atoms with van der Waals surface area (Å²) < 4.78 is 19.5. The fourth-order valence-electron chi connectivity index (χ4n) is 4.35. The van der Waals surface area contributed by atoms with E-state index in [0.29, 0.717) is 35.8 Å². The first-order valence-electron chi connectivity index (χ1n) is 10.2. The van der Waals surface area contributed by atoms with E-state index in [0.717, 1.165) is 31.2 Å². The first kappa shape index (κ1) is 19.6. The van der Waals surface area contributed by atoms with Gasteiger partial charge < -0.3 is 10.5 Å². The van der Waals surface area contributed by atoms with Gasteiger partial charge >= 0.3 is 0 Å². The van der Waals surface area contributed by atoms with Crippen molar-refractivity contribution in [1.29, 1.82) is 0 Å². The van der Waals surface area contributed by atoms with Crippen molar-refractivity contribution < 1.29 is 18.7 Å². The molecular formula is C23H25FN2O3. The molecule has 6 heteroatoms. The van der Waals surface area contributed by atoms with Crippen molar-refractivity contribution in [2.24, 2.45) is 11.7 Å². The lowest BCUT2D eigenvalue weighted by molar-refractivity contribution is 0.0877. The highest BCUT2D eigenvalue weighted by molar-refractivity contribution is 5.99. The summed E-state index contributed by atoms with van der Waals surface area (Å²) in [7, 11) is 1.52. The number of ether oxygens (including phenoxy) is 1. The number of nitrogens with two attached hydrogens (primary N) is 1. The topological polar surface area (TPSA) is 82.3 Å². The quantitative estimate of drug-likeness (QED) is 0.736. The predicted molar refractivity (Wildman–Crippen MR) is 107 cm³/mol. The Hall–Kier alpha value is -2.76. The number of hydrogen-bond donors (Lipinski definition) is 1. The third-order valence-electron chi connectivity index (χ3n) is 6.17. The third-order valence-corrected chi connectivity index (χ3v) is 6.17. The Kier molecular flexibility index (Phi) is 5.35. The Balaban J connectivity index is 1.49. The molecule has 2 fully saturated rings. The maximum Gasteiger partial charge on any atom is 0.267 e. The summed E-state index contributed by atoms with van der Waals surface area (Å²) in [5.74, 6) is -0.0931. The number of methoxy groups -OCH3 is 1. The Morgan fingerprint density at radius 1 is 1.00 bits per heavy atom. The molecule has 2 aliphatic carbocycles. The molecule has 0 saturated heterocycles. The second kappa shape index (κ2) is 7.93. The molecule has 0 aliphatic heterocycles. The molecule has 5 nitrogen and oxygen atoms in total. The van der Waals surface area contributed by atoms with Crippen LogP contribution in [0.15, 0.2) is 30.3 Å².